The van der Waals surface area contributed by atoms with Crippen molar-refractivity contribution >= 4 is 33.4 Å². The number of oxazole rings is 1. The van der Waals surface area contributed by atoms with Crippen molar-refractivity contribution in [3.05, 3.63) is 84.9 Å². The fourth-order valence-corrected chi connectivity index (χ4v) is 4.36. The Balaban J connectivity index is 1.53. The maximum Gasteiger partial charge on any atom is 0.257 e. The van der Waals surface area contributed by atoms with E-state index < -0.39 is 15.3 Å². The Morgan fingerprint density at radius 1 is 0.939 bits per heavy atom. The second-order valence-corrected chi connectivity index (χ2v) is 10.1. The number of nitrogens with zero attached hydrogens (tertiary/aromatic N) is 1. The molecule has 0 saturated heterocycles. The fraction of sp³-hybridized carbons (Fsp3) is 0.0833. The van der Waals surface area contributed by atoms with Crippen molar-refractivity contribution < 1.29 is 17.6 Å². The summed E-state index contributed by atoms with van der Waals surface area (Å²) in [6.45, 7) is 1.74. The van der Waals surface area contributed by atoms with E-state index in [1.165, 1.54) is 36.0 Å². The summed E-state index contributed by atoms with van der Waals surface area (Å²) in [4.78, 5) is 17.3. The molecule has 1 aromatic heterocycles. The third-order valence-corrected chi connectivity index (χ3v) is 6.66. The summed E-state index contributed by atoms with van der Waals surface area (Å²) >= 11 is 1.20. The monoisotopic (exact) mass is 479 g/mol. The molecule has 0 bridgehead atoms. The second-order valence-electron chi connectivity index (χ2n) is 7.21. The third kappa shape index (κ3) is 5.51. The SMILES string of the molecule is C[C@H](Sc1nc(-c2ccccc2)c(-c2ccccc2)o1)C(=O)Nc1ccc(S(N)(=O)=O)cc1. The molecule has 0 radical (unpaired) electrons. The molecule has 0 spiro atoms. The lowest BCUT2D eigenvalue weighted by atomic mass is 10.1. The smallest absolute Gasteiger partial charge is 0.257 e. The first-order chi connectivity index (χ1) is 15.8. The number of amides is 1. The summed E-state index contributed by atoms with van der Waals surface area (Å²) in [5.41, 5.74) is 2.97. The van der Waals surface area contributed by atoms with Gasteiger partial charge in [0.15, 0.2) is 5.76 Å². The topological polar surface area (TPSA) is 115 Å². The molecule has 1 amide bonds. The number of carbonyl (C=O) groups is 1. The molecule has 0 fully saturated rings. The number of nitrogens with one attached hydrogen (secondary N) is 1. The van der Waals surface area contributed by atoms with Crippen LogP contribution in [-0.2, 0) is 14.8 Å². The normalized spacial score (nSPS) is 12.3. The van der Waals surface area contributed by atoms with Gasteiger partial charge in [0, 0.05) is 16.8 Å². The van der Waals surface area contributed by atoms with Crippen molar-refractivity contribution in [1.29, 1.82) is 0 Å². The Morgan fingerprint density at radius 2 is 1.52 bits per heavy atom. The molecule has 1 atom stereocenters. The molecule has 0 aliphatic rings. The number of rotatable bonds is 7. The molecule has 4 rings (SSSR count). The van der Waals surface area contributed by atoms with Gasteiger partial charge in [0.05, 0.1) is 10.1 Å². The number of primary sulfonamides is 1. The van der Waals surface area contributed by atoms with Gasteiger partial charge in [-0.25, -0.2) is 18.5 Å². The van der Waals surface area contributed by atoms with Crippen molar-refractivity contribution in [1.82, 2.24) is 4.98 Å². The van der Waals surface area contributed by atoms with Gasteiger partial charge in [-0.3, -0.25) is 4.79 Å². The molecule has 168 valence electrons. The van der Waals surface area contributed by atoms with Crippen LogP contribution < -0.4 is 10.5 Å². The fourth-order valence-electron chi connectivity index (χ4n) is 3.10. The van der Waals surface area contributed by atoms with Crippen LogP contribution in [0.4, 0.5) is 5.69 Å². The van der Waals surface area contributed by atoms with E-state index in [4.69, 9.17) is 9.56 Å². The Bertz CT molecular complexity index is 1300. The van der Waals surface area contributed by atoms with Crippen molar-refractivity contribution in [3.63, 3.8) is 0 Å². The van der Waals surface area contributed by atoms with Gasteiger partial charge in [-0.1, -0.05) is 72.4 Å². The highest BCUT2D eigenvalue weighted by molar-refractivity contribution is 8.00. The van der Waals surface area contributed by atoms with Gasteiger partial charge in [0.1, 0.15) is 5.69 Å². The van der Waals surface area contributed by atoms with Crippen LogP contribution in [0.15, 0.2) is 99.5 Å². The Kier molecular flexibility index (Phi) is 6.64. The van der Waals surface area contributed by atoms with Crippen LogP contribution in [0, 0.1) is 0 Å². The first kappa shape index (κ1) is 22.8. The van der Waals surface area contributed by atoms with Crippen LogP contribution in [0.1, 0.15) is 6.92 Å². The molecular formula is C24H21N3O4S2. The van der Waals surface area contributed by atoms with Gasteiger partial charge in [-0.15, -0.1) is 0 Å². The lowest BCUT2D eigenvalue weighted by Gasteiger charge is -2.10. The molecule has 9 heteroatoms. The summed E-state index contributed by atoms with van der Waals surface area (Å²) in [6, 6.07) is 25.1. The Labute approximate surface area is 196 Å². The van der Waals surface area contributed by atoms with E-state index in [2.05, 4.69) is 10.3 Å². The van der Waals surface area contributed by atoms with Crippen LogP contribution in [0.2, 0.25) is 0 Å². The quantitative estimate of drug-likeness (QED) is 0.369. The summed E-state index contributed by atoms with van der Waals surface area (Å²) in [7, 11) is -3.79. The molecule has 3 aromatic carbocycles. The van der Waals surface area contributed by atoms with Crippen molar-refractivity contribution in [2.75, 3.05) is 5.32 Å². The standard InChI is InChI=1S/C24H21N3O4S2/c1-16(23(28)26-19-12-14-20(15-13-19)33(25,29)30)32-24-27-21(17-8-4-2-5-9-17)22(31-24)18-10-6-3-7-11-18/h2-16H,1H3,(H,26,28)(H2,25,29,30)/t16-/m0/s1. The predicted octanol–water partition coefficient (Wildman–Crippen LogP) is 4.78. The number of nitrogens with two attached hydrogens (primary N) is 1. The highest BCUT2D eigenvalue weighted by atomic mass is 32.2. The van der Waals surface area contributed by atoms with E-state index in [0.717, 1.165) is 11.1 Å². The zero-order valence-electron chi connectivity index (χ0n) is 17.6. The number of hydrogen-bond acceptors (Lipinski definition) is 6. The van der Waals surface area contributed by atoms with Crippen LogP contribution in [-0.4, -0.2) is 24.6 Å². The molecular weight excluding hydrogens is 458 g/mol. The van der Waals surface area contributed by atoms with Gasteiger partial charge in [-0.2, -0.15) is 0 Å². The Hall–Kier alpha value is -3.40. The van der Waals surface area contributed by atoms with Crippen LogP contribution in [0.3, 0.4) is 0 Å². The van der Waals surface area contributed by atoms with E-state index in [1.54, 1.807) is 6.92 Å². The molecule has 0 saturated carbocycles. The molecule has 0 unspecified atom stereocenters. The number of benzene rings is 3. The second kappa shape index (κ2) is 9.62. The minimum absolute atomic E-state index is 0.0235. The minimum Gasteiger partial charge on any atom is -0.431 e. The van der Waals surface area contributed by atoms with Crippen LogP contribution in [0.5, 0.6) is 0 Å². The summed E-state index contributed by atoms with van der Waals surface area (Å²) < 4.78 is 28.8. The van der Waals surface area contributed by atoms with E-state index in [1.807, 2.05) is 60.7 Å². The first-order valence-electron chi connectivity index (χ1n) is 10.0. The average Bonchev–Trinajstić information content (AvgIpc) is 3.24. The number of thioether (sulfide) groups is 1. The molecule has 1 heterocycles. The third-order valence-electron chi connectivity index (χ3n) is 4.79. The number of sulfonamides is 1. The Morgan fingerprint density at radius 3 is 2.09 bits per heavy atom. The summed E-state index contributed by atoms with van der Waals surface area (Å²) in [5, 5.41) is 7.72. The molecule has 0 aliphatic heterocycles. The number of carbonyl (C=O) groups excluding carboxylic acids is 1. The van der Waals surface area contributed by atoms with Gasteiger partial charge in [0.2, 0.25) is 15.9 Å². The van der Waals surface area contributed by atoms with Crippen LogP contribution >= 0.6 is 11.8 Å². The minimum atomic E-state index is -3.79. The lowest BCUT2D eigenvalue weighted by molar-refractivity contribution is -0.115. The summed E-state index contributed by atoms with van der Waals surface area (Å²) in [5.74, 6) is 0.361. The van der Waals surface area contributed by atoms with Gasteiger partial charge < -0.3 is 9.73 Å². The first-order valence-corrected chi connectivity index (χ1v) is 12.5. The van der Waals surface area contributed by atoms with Gasteiger partial charge >= 0.3 is 0 Å². The number of hydrogen-bond donors (Lipinski definition) is 2. The lowest BCUT2D eigenvalue weighted by Crippen LogP contribution is -2.22. The van der Waals surface area contributed by atoms with E-state index in [9.17, 15) is 13.2 Å². The highest BCUT2D eigenvalue weighted by Crippen LogP contribution is 2.36. The largest absolute Gasteiger partial charge is 0.431 e. The molecule has 0 aliphatic carbocycles. The average molecular weight is 480 g/mol. The van der Waals surface area contributed by atoms with Crippen molar-refractivity contribution in [2.24, 2.45) is 5.14 Å². The predicted molar refractivity (Wildman–Crippen MR) is 129 cm³/mol. The molecule has 4 aromatic rings. The maximum atomic E-state index is 12.7. The van der Waals surface area contributed by atoms with Crippen molar-refractivity contribution in [3.8, 4) is 22.6 Å². The number of aromatic nitrogens is 1. The maximum absolute atomic E-state index is 12.7. The zero-order valence-corrected chi connectivity index (χ0v) is 19.3. The van der Waals surface area contributed by atoms with E-state index >= 15 is 0 Å². The van der Waals surface area contributed by atoms with Gasteiger partial charge in [0.25, 0.3) is 5.22 Å². The highest BCUT2D eigenvalue weighted by Gasteiger charge is 2.22. The molecule has 3 N–H and O–H groups in total. The van der Waals surface area contributed by atoms with Gasteiger partial charge in [-0.05, 0) is 31.2 Å². The number of anilines is 1. The molecule has 33 heavy (non-hydrogen) atoms. The van der Waals surface area contributed by atoms with E-state index in [0.29, 0.717) is 22.4 Å². The van der Waals surface area contributed by atoms with E-state index in [-0.39, 0.29) is 10.8 Å². The summed E-state index contributed by atoms with van der Waals surface area (Å²) in [6.07, 6.45) is 0. The molecule has 7 nitrogen and oxygen atoms in total. The van der Waals surface area contributed by atoms with Crippen molar-refractivity contribution in [2.45, 2.75) is 22.3 Å². The zero-order chi connectivity index (χ0) is 23.4. The van der Waals surface area contributed by atoms with Crippen LogP contribution in [0.25, 0.3) is 22.6 Å².